The van der Waals surface area contributed by atoms with Crippen molar-refractivity contribution in [2.45, 2.75) is 45.1 Å². The van der Waals surface area contributed by atoms with Gasteiger partial charge in [0.25, 0.3) is 0 Å². The van der Waals surface area contributed by atoms with Crippen LogP contribution in [0.25, 0.3) is 0 Å². The predicted molar refractivity (Wildman–Crippen MR) is 74.2 cm³/mol. The quantitative estimate of drug-likeness (QED) is 0.879. The predicted octanol–water partition coefficient (Wildman–Crippen LogP) is 3.74. The Morgan fingerprint density at radius 1 is 1.26 bits per heavy atom. The molecule has 1 aromatic carbocycles. The first-order valence-corrected chi connectivity index (χ1v) is 7.15. The van der Waals surface area contributed by atoms with Crippen molar-refractivity contribution in [3.63, 3.8) is 0 Å². The van der Waals surface area contributed by atoms with E-state index in [2.05, 4.69) is 0 Å². The lowest BCUT2D eigenvalue weighted by Crippen LogP contribution is -2.31. The largest absolute Gasteiger partial charge is 0.490 e. The van der Waals surface area contributed by atoms with Crippen molar-refractivity contribution in [1.82, 2.24) is 0 Å². The van der Waals surface area contributed by atoms with Crippen molar-refractivity contribution in [2.24, 2.45) is 11.8 Å². The minimum Gasteiger partial charge on any atom is -0.490 e. The Bertz CT molecular complexity index is 394. The molecule has 0 amide bonds. The van der Waals surface area contributed by atoms with Crippen LogP contribution in [-0.4, -0.2) is 17.2 Å². The highest BCUT2D eigenvalue weighted by Crippen LogP contribution is 2.33. The molecule has 0 bridgehead atoms. The molecule has 3 heteroatoms. The van der Waals surface area contributed by atoms with Crippen LogP contribution < -0.4 is 4.74 Å². The summed E-state index contributed by atoms with van der Waals surface area (Å²) in [7, 11) is 0. The van der Waals surface area contributed by atoms with E-state index in [0.717, 1.165) is 37.9 Å². The van der Waals surface area contributed by atoms with Crippen LogP contribution in [0.2, 0.25) is 0 Å². The number of ether oxygens (including phenoxy) is 1. The molecule has 1 aliphatic carbocycles. The van der Waals surface area contributed by atoms with Gasteiger partial charge in [-0.25, -0.2) is 0 Å². The van der Waals surface area contributed by atoms with E-state index >= 15 is 0 Å². The van der Waals surface area contributed by atoms with E-state index < -0.39 is 5.97 Å². The Morgan fingerprint density at radius 3 is 2.42 bits per heavy atom. The summed E-state index contributed by atoms with van der Waals surface area (Å²) < 4.78 is 5.93. The molecule has 0 spiro atoms. The van der Waals surface area contributed by atoms with Gasteiger partial charge >= 0.3 is 5.97 Å². The molecule has 3 nitrogen and oxygen atoms in total. The second kappa shape index (κ2) is 6.60. The van der Waals surface area contributed by atoms with Gasteiger partial charge in [0.05, 0.1) is 12.0 Å². The van der Waals surface area contributed by atoms with Gasteiger partial charge in [0.15, 0.2) is 0 Å². The first kappa shape index (κ1) is 13.9. The van der Waals surface area contributed by atoms with Crippen LogP contribution in [0.5, 0.6) is 5.75 Å². The molecule has 0 heterocycles. The first-order chi connectivity index (χ1) is 9.20. The SMILES string of the molecule is CCC(C(=O)O)C1CCC(Oc2ccccc2)CC1. The molecule has 1 aliphatic rings. The van der Waals surface area contributed by atoms with Crippen molar-refractivity contribution in [2.75, 3.05) is 0 Å². The highest BCUT2D eigenvalue weighted by Gasteiger charge is 2.31. The van der Waals surface area contributed by atoms with Crippen LogP contribution in [0.15, 0.2) is 30.3 Å². The summed E-state index contributed by atoms with van der Waals surface area (Å²) in [6, 6.07) is 9.86. The summed E-state index contributed by atoms with van der Waals surface area (Å²) in [6.07, 6.45) is 4.81. The zero-order chi connectivity index (χ0) is 13.7. The number of benzene rings is 1. The highest BCUT2D eigenvalue weighted by atomic mass is 16.5. The Balaban J connectivity index is 1.84. The van der Waals surface area contributed by atoms with Crippen LogP contribution in [-0.2, 0) is 4.79 Å². The molecule has 19 heavy (non-hydrogen) atoms. The molecule has 1 unspecified atom stereocenters. The Labute approximate surface area is 114 Å². The molecule has 0 radical (unpaired) electrons. The number of aliphatic carboxylic acids is 1. The summed E-state index contributed by atoms with van der Waals surface area (Å²) in [4.78, 5) is 11.2. The number of hydrogen-bond acceptors (Lipinski definition) is 2. The number of carboxylic acids is 1. The van der Waals surface area contributed by atoms with Crippen LogP contribution in [0.4, 0.5) is 0 Å². The van der Waals surface area contributed by atoms with Gasteiger partial charge in [0.2, 0.25) is 0 Å². The normalized spacial score (nSPS) is 24.7. The molecular formula is C16H22O3. The van der Waals surface area contributed by atoms with E-state index in [9.17, 15) is 9.90 Å². The number of rotatable bonds is 5. The topological polar surface area (TPSA) is 46.5 Å². The van der Waals surface area contributed by atoms with Gasteiger partial charge in [-0.05, 0) is 50.2 Å². The van der Waals surface area contributed by atoms with Crippen molar-refractivity contribution in [3.05, 3.63) is 30.3 Å². The molecular weight excluding hydrogens is 240 g/mol. The average Bonchev–Trinajstić information content (AvgIpc) is 2.42. The van der Waals surface area contributed by atoms with E-state index in [1.54, 1.807) is 0 Å². The molecule has 104 valence electrons. The Hall–Kier alpha value is -1.51. The third-order valence-electron chi connectivity index (χ3n) is 4.09. The smallest absolute Gasteiger partial charge is 0.306 e. The molecule has 0 aliphatic heterocycles. The fourth-order valence-electron chi connectivity index (χ4n) is 3.01. The number of carboxylic acid groups (broad SMARTS) is 1. The second-order valence-electron chi connectivity index (χ2n) is 5.32. The molecule has 1 aromatic rings. The minimum absolute atomic E-state index is 0.183. The van der Waals surface area contributed by atoms with Crippen LogP contribution >= 0.6 is 0 Å². The zero-order valence-electron chi connectivity index (χ0n) is 11.4. The molecule has 0 saturated heterocycles. The van der Waals surface area contributed by atoms with Crippen LogP contribution in [0, 0.1) is 11.8 Å². The average molecular weight is 262 g/mol. The fourth-order valence-corrected chi connectivity index (χ4v) is 3.01. The zero-order valence-corrected chi connectivity index (χ0v) is 11.4. The van der Waals surface area contributed by atoms with Crippen molar-refractivity contribution in [1.29, 1.82) is 0 Å². The monoisotopic (exact) mass is 262 g/mol. The minimum atomic E-state index is -0.644. The molecule has 1 fully saturated rings. The number of para-hydroxylation sites is 1. The van der Waals surface area contributed by atoms with Gasteiger partial charge in [-0.3, -0.25) is 4.79 Å². The van der Waals surface area contributed by atoms with Crippen molar-refractivity contribution < 1.29 is 14.6 Å². The van der Waals surface area contributed by atoms with E-state index in [1.807, 2.05) is 37.3 Å². The Kier molecular flexibility index (Phi) is 4.83. The molecule has 1 saturated carbocycles. The lowest BCUT2D eigenvalue weighted by molar-refractivity contribution is -0.144. The fraction of sp³-hybridized carbons (Fsp3) is 0.562. The summed E-state index contributed by atoms with van der Waals surface area (Å²) in [6.45, 7) is 1.96. The third-order valence-corrected chi connectivity index (χ3v) is 4.09. The molecule has 1 N–H and O–H groups in total. The lowest BCUT2D eigenvalue weighted by Gasteiger charge is -2.31. The van der Waals surface area contributed by atoms with E-state index in [1.165, 1.54) is 0 Å². The van der Waals surface area contributed by atoms with Crippen LogP contribution in [0.3, 0.4) is 0 Å². The standard InChI is InChI=1S/C16H22O3/c1-2-15(16(17)18)12-8-10-14(11-9-12)19-13-6-4-3-5-7-13/h3-7,12,14-15H,2,8-11H2,1H3,(H,17,18). The molecule has 1 atom stereocenters. The summed E-state index contributed by atoms with van der Waals surface area (Å²) >= 11 is 0. The van der Waals surface area contributed by atoms with Crippen molar-refractivity contribution >= 4 is 5.97 Å². The van der Waals surface area contributed by atoms with Gasteiger partial charge in [0, 0.05) is 0 Å². The van der Waals surface area contributed by atoms with Gasteiger partial charge < -0.3 is 9.84 Å². The molecule has 0 aromatic heterocycles. The maximum absolute atomic E-state index is 11.2. The van der Waals surface area contributed by atoms with Crippen LogP contribution in [0.1, 0.15) is 39.0 Å². The third kappa shape index (κ3) is 3.72. The summed E-state index contributed by atoms with van der Waals surface area (Å²) in [5.74, 6) is 0.405. The van der Waals surface area contributed by atoms with E-state index in [-0.39, 0.29) is 12.0 Å². The van der Waals surface area contributed by atoms with E-state index in [0.29, 0.717) is 5.92 Å². The molecule has 2 rings (SSSR count). The maximum Gasteiger partial charge on any atom is 0.306 e. The summed E-state index contributed by atoms with van der Waals surface area (Å²) in [5, 5.41) is 9.20. The maximum atomic E-state index is 11.2. The lowest BCUT2D eigenvalue weighted by atomic mass is 9.78. The number of hydrogen-bond donors (Lipinski definition) is 1. The van der Waals surface area contributed by atoms with Gasteiger partial charge in [-0.1, -0.05) is 25.1 Å². The first-order valence-electron chi connectivity index (χ1n) is 7.15. The number of carbonyl (C=O) groups is 1. The van der Waals surface area contributed by atoms with Crippen molar-refractivity contribution in [3.8, 4) is 5.75 Å². The van der Waals surface area contributed by atoms with Gasteiger partial charge in [0.1, 0.15) is 5.75 Å². The second-order valence-corrected chi connectivity index (χ2v) is 5.32. The highest BCUT2D eigenvalue weighted by molar-refractivity contribution is 5.70. The van der Waals surface area contributed by atoms with Gasteiger partial charge in [-0.2, -0.15) is 0 Å². The summed E-state index contributed by atoms with van der Waals surface area (Å²) in [5.41, 5.74) is 0. The Morgan fingerprint density at radius 2 is 1.89 bits per heavy atom. The van der Waals surface area contributed by atoms with Gasteiger partial charge in [-0.15, -0.1) is 0 Å². The van der Waals surface area contributed by atoms with E-state index in [4.69, 9.17) is 4.74 Å².